The zero-order chi connectivity index (χ0) is 24.1. The van der Waals surface area contributed by atoms with Gasteiger partial charge in [-0.2, -0.15) is 0 Å². The number of halogens is 3. The predicted octanol–water partition coefficient (Wildman–Crippen LogP) is 5.70. The van der Waals surface area contributed by atoms with Crippen LogP contribution in [0.5, 0.6) is 5.75 Å². The van der Waals surface area contributed by atoms with E-state index < -0.39 is 12.5 Å². The zero-order valence-corrected chi connectivity index (χ0v) is 19.3. The van der Waals surface area contributed by atoms with Gasteiger partial charge in [0.1, 0.15) is 11.9 Å². The number of fused-ring (bicyclic) bond motifs is 4. The molecule has 3 fully saturated rings. The number of alkyl carbamates (subject to hydrolysis) is 1. The minimum atomic E-state index is -4.76. The monoisotopic (exact) mass is 474 g/mol. The standard InChI is InChI=1S/C26H29F3N2O3/c1-25(2)14-18-13-17(19-5-3-4-6-21(19)34-26(27,28)29)7-8-20(18)23(25)30-24(32)33-22-15-31-11-9-16(22)10-12-31/h3-8,13,16,22-23H,9-12,14-15H2,1-2H3,(H,30,32)/t22-,23?/m0/s1. The van der Waals surface area contributed by atoms with Gasteiger partial charge in [0.2, 0.25) is 0 Å². The summed E-state index contributed by atoms with van der Waals surface area (Å²) in [5.74, 6) is 0.198. The lowest BCUT2D eigenvalue weighted by atomic mass is 9.85. The van der Waals surface area contributed by atoms with Crippen LogP contribution in [0, 0.1) is 11.3 Å². The van der Waals surface area contributed by atoms with Gasteiger partial charge in [-0.05, 0) is 66.4 Å². The first-order chi connectivity index (χ1) is 16.1. The number of carbonyl (C=O) groups is 1. The Hall–Kier alpha value is -2.74. The summed E-state index contributed by atoms with van der Waals surface area (Å²) in [5, 5.41) is 3.08. The average Bonchev–Trinajstić information content (AvgIpc) is 3.02. The summed E-state index contributed by atoms with van der Waals surface area (Å²) in [6.45, 7) is 7.11. The maximum Gasteiger partial charge on any atom is 0.573 e. The molecule has 2 atom stereocenters. The largest absolute Gasteiger partial charge is 0.573 e. The summed E-state index contributed by atoms with van der Waals surface area (Å²) >= 11 is 0. The predicted molar refractivity (Wildman–Crippen MR) is 121 cm³/mol. The molecule has 1 N–H and O–H groups in total. The van der Waals surface area contributed by atoms with Crippen molar-refractivity contribution >= 4 is 6.09 Å². The third-order valence-electron chi connectivity index (χ3n) is 7.42. The van der Waals surface area contributed by atoms with E-state index in [0.717, 1.165) is 43.6 Å². The minimum Gasteiger partial charge on any atom is -0.445 e. The molecule has 0 aromatic heterocycles. The van der Waals surface area contributed by atoms with Crippen molar-refractivity contribution in [3.63, 3.8) is 0 Å². The second kappa shape index (κ2) is 8.48. The van der Waals surface area contributed by atoms with Crippen LogP contribution in [0.1, 0.15) is 43.9 Å². The van der Waals surface area contributed by atoms with Gasteiger partial charge < -0.3 is 14.8 Å². The van der Waals surface area contributed by atoms with Gasteiger partial charge in [0, 0.05) is 12.1 Å². The molecule has 2 aromatic rings. The molecule has 3 heterocycles. The molecule has 0 saturated carbocycles. The highest BCUT2D eigenvalue weighted by Gasteiger charge is 2.42. The molecule has 182 valence electrons. The highest BCUT2D eigenvalue weighted by molar-refractivity contribution is 5.73. The Morgan fingerprint density at radius 2 is 1.85 bits per heavy atom. The van der Waals surface area contributed by atoms with Crippen LogP contribution in [0.4, 0.5) is 18.0 Å². The molecule has 4 aliphatic rings. The van der Waals surface area contributed by atoms with Gasteiger partial charge in [-0.25, -0.2) is 4.79 Å². The van der Waals surface area contributed by atoms with Crippen LogP contribution in [-0.4, -0.2) is 43.1 Å². The Kier molecular flexibility index (Phi) is 5.74. The van der Waals surface area contributed by atoms with Crippen molar-refractivity contribution < 1.29 is 27.4 Å². The number of amides is 1. The Morgan fingerprint density at radius 1 is 1.12 bits per heavy atom. The SMILES string of the molecule is CC1(C)Cc2cc(-c3ccccc3OC(F)(F)F)ccc2C1NC(=O)O[C@H]1CN2CCC1CC2. The van der Waals surface area contributed by atoms with E-state index in [1.807, 2.05) is 12.1 Å². The quantitative estimate of drug-likeness (QED) is 0.618. The Morgan fingerprint density at radius 3 is 2.53 bits per heavy atom. The fourth-order valence-electron chi connectivity index (χ4n) is 5.75. The molecule has 3 aliphatic heterocycles. The highest BCUT2D eigenvalue weighted by atomic mass is 19.4. The van der Waals surface area contributed by atoms with Crippen LogP contribution in [0.25, 0.3) is 11.1 Å². The third kappa shape index (κ3) is 4.60. The summed E-state index contributed by atoms with van der Waals surface area (Å²) in [4.78, 5) is 15.2. The van der Waals surface area contributed by atoms with Crippen molar-refractivity contribution in [2.75, 3.05) is 19.6 Å². The molecule has 6 rings (SSSR count). The second-order valence-electron chi connectivity index (χ2n) is 10.3. The molecule has 0 radical (unpaired) electrons. The number of para-hydroxylation sites is 1. The first-order valence-corrected chi connectivity index (χ1v) is 11.8. The Labute approximate surface area is 197 Å². The fraction of sp³-hybridized carbons (Fsp3) is 0.500. The molecule has 2 aromatic carbocycles. The Balaban J connectivity index is 1.35. The van der Waals surface area contributed by atoms with Crippen LogP contribution in [0.2, 0.25) is 0 Å². The van der Waals surface area contributed by atoms with Crippen molar-refractivity contribution in [3.05, 3.63) is 53.6 Å². The number of hydrogen-bond donors (Lipinski definition) is 1. The number of nitrogens with one attached hydrogen (secondary N) is 1. The van der Waals surface area contributed by atoms with Crippen LogP contribution in [0.3, 0.4) is 0 Å². The summed E-state index contributed by atoms with van der Waals surface area (Å²) in [7, 11) is 0. The maximum absolute atomic E-state index is 12.9. The van der Waals surface area contributed by atoms with Gasteiger partial charge in [0.05, 0.1) is 6.04 Å². The van der Waals surface area contributed by atoms with Gasteiger partial charge in [0.25, 0.3) is 0 Å². The summed E-state index contributed by atoms with van der Waals surface area (Å²) < 4.78 is 48.7. The van der Waals surface area contributed by atoms with Crippen LogP contribution < -0.4 is 10.1 Å². The lowest BCUT2D eigenvalue weighted by molar-refractivity contribution is -0.274. The first-order valence-electron chi connectivity index (χ1n) is 11.8. The number of hydrogen-bond acceptors (Lipinski definition) is 4. The highest BCUT2D eigenvalue weighted by Crippen LogP contribution is 2.47. The van der Waals surface area contributed by atoms with E-state index in [0.29, 0.717) is 23.5 Å². The molecule has 1 amide bonds. The molecule has 2 bridgehead atoms. The molecule has 34 heavy (non-hydrogen) atoms. The molecule has 8 heteroatoms. The molecule has 3 saturated heterocycles. The van der Waals surface area contributed by atoms with Crippen LogP contribution in [0.15, 0.2) is 42.5 Å². The fourth-order valence-corrected chi connectivity index (χ4v) is 5.75. The molecular formula is C26H29F3N2O3. The molecule has 0 spiro atoms. The molecular weight excluding hydrogens is 445 g/mol. The Bertz CT molecular complexity index is 1080. The summed E-state index contributed by atoms with van der Waals surface area (Å²) in [6.07, 6.45) is -2.42. The van der Waals surface area contributed by atoms with Crippen molar-refractivity contribution in [1.82, 2.24) is 10.2 Å². The van der Waals surface area contributed by atoms with Gasteiger partial charge >= 0.3 is 12.5 Å². The summed E-state index contributed by atoms with van der Waals surface area (Å²) in [5.41, 5.74) is 2.71. The number of benzene rings is 2. The number of alkyl halides is 3. The number of nitrogens with zero attached hydrogens (tertiary/aromatic N) is 1. The van der Waals surface area contributed by atoms with Gasteiger partial charge in [0.15, 0.2) is 0 Å². The smallest absolute Gasteiger partial charge is 0.445 e. The van der Waals surface area contributed by atoms with E-state index in [-0.39, 0.29) is 23.3 Å². The average molecular weight is 475 g/mol. The zero-order valence-electron chi connectivity index (χ0n) is 19.3. The first kappa shape index (κ1) is 23.0. The second-order valence-corrected chi connectivity index (χ2v) is 10.3. The van der Waals surface area contributed by atoms with E-state index in [4.69, 9.17) is 4.74 Å². The van der Waals surface area contributed by atoms with Gasteiger partial charge in [-0.1, -0.05) is 50.2 Å². The van der Waals surface area contributed by atoms with E-state index in [2.05, 4.69) is 28.8 Å². The minimum absolute atomic E-state index is 0.0704. The normalized spacial score (nSPS) is 27.2. The summed E-state index contributed by atoms with van der Waals surface area (Å²) in [6, 6.07) is 11.5. The van der Waals surface area contributed by atoms with Crippen molar-refractivity contribution in [1.29, 1.82) is 0 Å². The van der Waals surface area contributed by atoms with Crippen molar-refractivity contribution in [2.24, 2.45) is 11.3 Å². The van der Waals surface area contributed by atoms with Crippen LogP contribution in [-0.2, 0) is 11.2 Å². The van der Waals surface area contributed by atoms with E-state index >= 15 is 0 Å². The lowest BCUT2D eigenvalue weighted by Gasteiger charge is -2.44. The topological polar surface area (TPSA) is 50.8 Å². The van der Waals surface area contributed by atoms with Crippen molar-refractivity contribution in [3.8, 4) is 16.9 Å². The third-order valence-corrected chi connectivity index (χ3v) is 7.42. The van der Waals surface area contributed by atoms with Crippen molar-refractivity contribution in [2.45, 2.75) is 51.6 Å². The number of carbonyl (C=O) groups excluding carboxylic acids is 1. The van der Waals surface area contributed by atoms with E-state index in [9.17, 15) is 18.0 Å². The van der Waals surface area contributed by atoms with E-state index in [1.165, 1.54) is 12.1 Å². The molecule has 5 nitrogen and oxygen atoms in total. The number of rotatable bonds is 4. The van der Waals surface area contributed by atoms with Crippen LogP contribution >= 0.6 is 0 Å². The van der Waals surface area contributed by atoms with Gasteiger partial charge in [-0.3, -0.25) is 4.90 Å². The lowest BCUT2D eigenvalue weighted by Crippen LogP contribution is -2.53. The molecule has 1 unspecified atom stereocenters. The molecule has 1 aliphatic carbocycles. The maximum atomic E-state index is 12.9. The van der Waals surface area contributed by atoms with Gasteiger partial charge in [-0.15, -0.1) is 13.2 Å². The van der Waals surface area contributed by atoms with E-state index in [1.54, 1.807) is 18.2 Å². The number of piperidine rings is 3. The number of ether oxygens (including phenoxy) is 2.